The summed E-state index contributed by atoms with van der Waals surface area (Å²) in [6.45, 7) is 7.55. The zero-order valence-electron chi connectivity index (χ0n) is 13.0. The van der Waals surface area contributed by atoms with Gasteiger partial charge in [0.1, 0.15) is 0 Å². The van der Waals surface area contributed by atoms with E-state index in [1.165, 1.54) is 90.4 Å². The zero-order chi connectivity index (χ0) is 13.3. The highest BCUT2D eigenvalue weighted by atomic mass is 15.1. The molecule has 0 aromatic carbocycles. The fourth-order valence-electron chi connectivity index (χ4n) is 3.64. The Morgan fingerprint density at radius 1 is 0.947 bits per heavy atom. The first-order valence-electron chi connectivity index (χ1n) is 8.84. The van der Waals surface area contributed by atoms with Gasteiger partial charge in [-0.2, -0.15) is 0 Å². The molecule has 1 saturated heterocycles. The normalized spacial score (nSPS) is 24.5. The number of rotatable bonds is 6. The average Bonchev–Trinajstić information content (AvgIpc) is 2.72. The first kappa shape index (κ1) is 15.3. The Kier molecular flexibility index (Phi) is 7.23. The van der Waals surface area contributed by atoms with Crippen LogP contribution in [0.15, 0.2) is 0 Å². The van der Waals surface area contributed by atoms with Gasteiger partial charge in [-0.05, 0) is 64.2 Å². The Bertz CT molecular complexity index is 213. The number of hydrogen-bond donors (Lipinski definition) is 1. The van der Waals surface area contributed by atoms with Crippen molar-refractivity contribution in [1.82, 2.24) is 10.2 Å². The summed E-state index contributed by atoms with van der Waals surface area (Å²) in [6, 6.07) is 0.807. The van der Waals surface area contributed by atoms with Crippen molar-refractivity contribution in [2.45, 2.75) is 77.2 Å². The quantitative estimate of drug-likeness (QED) is 0.735. The number of likely N-dealkylation sites (tertiary alicyclic amines) is 1. The van der Waals surface area contributed by atoms with Gasteiger partial charge in [0, 0.05) is 6.04 Å². The van der Waals surface area contributed by atoms with Crippen molar-refractivity contribution in [3.63, 3.8) is 0 Å². The average molecular weight is 266 g/mol. The van der Waals surface area contributed by atoms with Crippen molar-refractivity contribution in [2.24, 2.45) is 5.92 Å². The standard InChI is InChI=1S/C17H34N2/c1-2-3-12-19-13-10-17(11-14-19)18-15-16-8-6-4-5-7-9-16/h16-18H,2-15H2,1H3. The maximum Gasteiger partial charge on any atom is 0.00915 e. The van der Waals surface area contributed by atoms with Crippen LogP contribution < -0.4 is 5.32 Å². The van der Waals surface area contributed by atoms with E-state index >= 15 is 0 Å². The number of hydrogen-bond acceptors (Lipinski definition) is 2. The summed E-state index contributed by atoms with van der Waals surface area (Å²) in [5.41, 5.74) is 0. The third-order valence-electron chi connectivity index (χ3n) is 5.09. The molecule has 2 fully saturated rings. The van der Waals surface area contributed by atoms with Gasteiger partial charge in [-0.3, -0.25) is 0 Å². The highest BCUT2D eigenvalue weighted by Gasteiger charge is 2.19. The summed E-state index contributed by atoms with van der Waals surface area (Å²) in [5, 5.41) is 3.87. The third-order valence-corrected chi connectivity index (χ3v) is 5.09. The van der Waals surface area contributed by atoms with Crippen molar-refractivity contribution in [3.05, 3.63) is 0 Å². The summed E-state index contributed by atoms with van der Waals surface area (Å²) in [4.78, 5) is 2.66. The Morgan fingerprint density at radius 3 is 2.26 bits per heavy atom. The van der Waals surface area contributed by atoms with Gasteiger partial charge < -0.3 is 10.2 Å². The SMILES string of the molecule is CCCCN1CCC(NCC2CCCCCC2)CC1. The number of nitrogens with one attached hydrogen (secondary N) is 1. The molecule has 0 aromatic rings. The van der Waals surface area contributed by atoms with Crippen LogP contribution in [0.2, 0.25) is 0 Å². The van der Waals surface area contributed by atoms with Gasteiger partial charge in [0.2, 0.25) is 0 Å². The minimum atomic E-state index is 0.807. The van der Waals surface area contributed by atoms with Crippen LogP contribution in [0, 0.1) is 5.92 Å². The first-order valence-corrected chi connectivity index (χ1v) is 8.84. The Hall–Kier alpha value is -0.0800. The van der Waals surface area contributed by atoms with Crippen molar-refractivity contribution < 1.29 is 0 Å². The predicted molar refractivity (Wildman–Crippen MR) is 83.6 cm³/mol. The monoisotopic (exact) mass is 266 g/mol. The lowest BCUT2D eigenvalue weighted by Crippen LogP contribution is -2.44. The lowest BCUT2D eigenvalue weighted by atomic mass is 9.98. The number of nitrogens with zero attached hydrogens (tertiary/aromatic N) is 1. The van der Waals surface area contributed by atoms with Gasteiger partial charge in [-0.15, -0.1) is 0 Å². The highest BCUT2D eigenvalue weighted by molar-refractivity contribution is 4.78. The van der Waals surface area contributed by atoms with Gasteiger partial charge in [-0.1, -0.05) is 39.0 Å². The van der Waals surface area contributed by atoms with Gasteiger partial charge in [0.15, 0.2) is 0 Å². The molecular formula is C17H34N2. The molecule has 112 valence electrons. The van der Waals surface area contributed by atoms with Crippen molar-refractivity contribution in [1.29, 1.82) is 0 Å². The second-order valence-electron chi connectivity index (χ2n) is 6.74. The van der Waals surface area contributed by atoms with E-state index in [1.54, 1.807) is 0 Å². The molecule has 0 bridgehead atoms. The highest BCUT2D eigenvalue weighted by Crippen LogP contribution is 2.22. The molecule has 0 unspecified atom stereocenters. The van der Waals surface area contributed by atoms with Crippen LogP contribution in [0.25, 0.3) is 0 Å². The second-order valence-corrected chi connectivity index (χ2v) is 6.74. The first-order chi connectivity index (χ1) is 9.38. The summed E-state index contributed by atoms with van der Waals surface area (Å²) in [6.07, 6.45) is 14.3. The molecule has 2 nitrogen and oxygen atoms in total. The minimum absolute atomic E-state index is 0.807. The number of unbranched alkanes of at least 4 members (excludes halogenated alkanes) is 1. The predicted octanol–water partition coefficient (Wildman–Crippen LogP) is 3.81. The molecule has 0 amide bonds. The summed E-state index contributed by atoms with van der Waals surface area (Å²) < 4.78 is 0. The van der Waals surface area contributed by atoms with Crippen LogP contribution in [0.4, 0.5) is 0 Å². The summed E-state index contributed by atoms with van der Waals surface area (Å²) >= 11 is 0. The van der Waals surface area contributed by atoms with Gasteiger partial charge in [0.25, 0.3) is 0 Å². The Balaban J connectivity index is 1.57. The van der Waals surface area contributed by atoms with E-state index in [1.807, 2.05) is 0 Å². The van der Waals surface area contributed by atoms with Gasteiger partial charge in [0.05, 0.1) is 0 Å². The lowest BCUT2D eigenvalue weighted by Gasteiger charge is -2.33. The van der Waals surface area contributed by atoms with E-state index in [2.05, 4.69) is 17.1 Å². The van der Waals surface area contributed by atoms with E-state index in [0.717, 1.165) is 12.0 Å². The molecule has 1 N–H and O–H groups in total. The molecule has 1 aliphatic heterocycles. The van der Waals surface area contributed by atoms with Crippen LogP contribution in [0.3, 0.4) is 0 Å². The van der Waals surface area contributed by atoms with E-state index in [-0.39, 0.29) is 0 Å². The Morgan fingerprint density at radius 2 is 1.63 bits per heavy atom. The molecule has 1 saturated carbocycles. The molecule has 0 spiro atoms. The van der Waals surface area contributed by atoms with E-state index < -0.39 is 0 Å². The van der Waals surface area contributed by atoms with Crippen molar-refractivity contribution in [2.75, 3.05) is 26.2 Å². The fraction of sp³-hybridized carbons (Fsp3) is 1.00. The molecule has 2 heteroatoms. The largest absolute Gasteiger partial charge is 0.314 e. The molecule has 1 aliphatic carbocycles. The van der Waals surface area contributed by atoms with Crippen LogP contribution in [-0.4, -0.2) is 37.1 Å². The smallest absolute Gasteiger partial charge is 0.00915 e. The van der Waals surface area contributed by atoms with E-state index in [4.69, 9.17) is 0 Å². The van der Waals surface area contributed by atoms with Crippen LogP contribution in [0.1, 0.15) is 71.1 Å². The lowest BCUT2D eigenvalue weighted by molar-refractivity contribution is 0.191. The molecule has 1 heterocycles. The minimum Gasteiger partial charge on any atom is -0.314 e. The second kappa shape index (κ2) is 8.97. The number of piperidine rings is 1. The molecular weight excluding hydrogens is 232 g/mol. The maximum absolute atomic E-state index is 3.87. The van der Waals surface area contributed by atoms with E-state index in [0.29, 0.717) is 0 Å². The molecule has 2 aliphatic rings. The van der Waals surface area contributed by atoms with Crippen LogP contribution >= 0.6 is 0 Å². The molecule has 0 aromatic heterocycles. The van der Waals surface area contributed by atoms with E-state index in [9.17, 15) is 0 Å². The molecule has 19 heavy (non-hydrogen) atoms. The van der Waals surface area contributed by atoms with Crippen LogP contribution in [0.5, 0.6) is 0 Å². The Labute approximate surface area is 120 Å². The summed E-state index contributed by atoms with van der Waals surface area (Å²) in [7, 11) is 0. The van der Waals surface area contributed by atoms with Gasteiger partial charge >= 0.3 is 0 Å². The summed E-state index contributed by atoms with van der Waals surface area (Å²) in [5.74, 6) is 0.973. The van der Waals surface area contributed by atoms with Crippen molar-refractivity contribution >= 4 is 0 Å². The maximum atomic E-state index is 3.87. The van der Waals surface area contributed by atoms with Gasteiger partial charge in [-0.25, -0.2) is 0 Å². The van der Waals surface area contributed by atoms with Crippen molar-refractivity contribution in [3.8, 4) is 0 Å². The van der Waals surface area contributed by atoms with Crippen LogP contribution in [-0.2, 0) is 0 Å². The molecule has 0 radical (unpaired) electrons. The fourth-order valence-corrected chi connectivity index (χ4v) is 3.64. The topological polar surface area (TPSA) is 15.3 Å². The third kappa shape index (κ3) is 5.83. The molecule has 2 rings (SSSR count). The zero-order valence-corrected chi connectivity index (χ0v) is 13.0. The molecule has 0 atom stereocenters.